The number of amides is 2. The maximum atomic E-state index is 11.6. The van der Waals surface area contributed by atoms with E-state index in [-0.39, 0.29) is 17.7 Å². The van der Waals surface area contributed by atoms with Gasteiger partial charge in [0.25, 0.3) is 0 Å². The number of piperidine rings is 1. The number of nitrogens with zero attached hydrogens (tertiary/aromatic N) is 1. The molecule has 0 aliphatic carbocycles. The number of pyridine rings is 1. The molecule has 15 heavy (non-hydrogen) atoms. The van der Waals surface area contributed by atoms with Crippen molar-refractivity contribution in [3.05, 3.63) is 27.6 Å². The van der Waals surface area contributed by atoms with Crippen LogP contribution in [0, 0.1) is 3.57 Å². The Balaban J connectivity index is 2.24. The third-order valence-corrected chi connectivity index (χ3v) is 2.96. The van der Waals surface area contributed by atoms with Crippen LogP contribution < -0.4 is 5.32 Å². The number of carbonyl (C=O) groups is 2. The Morgan fingerprint density at radius 2 is 2.20 bits per heavy atom. The molecule has 1 aliphatic heterocycles. The Morgan fingerprint density at radius 3 is 2.87 bits per heavy atom. The molecule has 1 aromatic rings. The van der Waals surface area contributed by atoms with Crippen molar-refractivity contribution in [3.8, 4) is 0 Å². The Hall–Kier alpha value is -0.980. The van der Waals surface area contributed by atoms with E-state index in [1.807, 2.05) is 6.07 Å². The fourth-order valence-electron chi connectivity index (χ4n) is 1.63. The van der Waals surface area contributed by atoms with Crippen molar-refractivity contribution in [2.75, 3.05) is 0 Å². The van der Waals surface area contributed by atoms with Gasteiger partial charge in [0.15, 0.2) is 0 Å². The Kier molecular flexibility index (Phi) is 2.99. The fraction of sp³-hybridized carbons (Fsp3) is 0.300. The topological polar surface area (TPSA) is 59.1 Å². The number of halogens is 1. The van der Waals surface area contributed by atoms with E-state index in [1.165, 1.54) is 0 Å². The van der Waals surface area contributed by atoms with Gasteiger partial charge in [-0.1, -0.05) is 0 Å². The summed E-state index contributed by atoms with van der Waals surface area (Å²) in [6, 6.07) is 1.92. The average Bonchev–Trinajstić information content (AvgIpc) is 2.17. The summed E-state index contributed by atoms with van der Waals surface area (Å²) < 4.78 is 0.995. The zero-order valence-electron chi connectivity index (χ0n) is 7.87. The molecule has 0 bridgehead atoms. The van der Waals surface area contributed by atoms with Gasteiger partial charge in [-0.05, 0) is 40.6 Å². The van der Waals surface area contributed by atoms with E-state index in [4.69, 9.17) is 0 Å². The largest absolute Gasteiger partial charge is 0.296 e. The first-order chi connectivity index (χ1) is 7.16. The van der Waals surface area contributed by atoms with Gasteiger partial charge in [-0.25, -0.2) is 0 Å². The lowest BCUT2D eigenvalue weighted by molar-refractivity contribution is -0.134. The van der Waals surface area contributed by atoms with Crippen LogP contribution in [0.4, 0.5) is 0 Å². The number of carbonyl (C=O) groups excluding carboxylic acids is 2. The molecule has 0 radical (unpaired) electrons. The average molecular weight is 316 g/mol. The molecule has 0 spiro atoms. The summed E-state index contributed by atoms with van der Waals surface area (Å²) in [5.74, 6) is -0.630. The van der Waals surface area contributed by atoms with E-state index in [0.29, 0.717) is 12.8 Å². The molecule has 5 heteroatoms. The van der Waals surface area contributed by atoms with E-state index in [0.717, 1.165) is 9.13 Å². The van der Waals surface area contributed by atoms with Gasteiger partial charge < -0.3 is 0 Å². The van der Waals surface area contributed by atoms with Gasteiger partial charge in [-0.3, -0.25) is 19.9 Å². The minimum atomic E-state index is -0.232. The summed E-state index contributed by atoms with van der Waals surface area (Å²) in [7, 11) is 0. The lowest BCUT2D eigenvalue weighted by Gasteiger charge is -2.20. The predicted octanol–water partition coefficient (Wildman–Crippen LogP) is 1.21. The highest BCUT2D eigenvalue weighted by molar-refractivity contribution is 14.1. The van der Waals surface area contributed by atoms with Gasteiger partial charge in [-0.2, -0.15) is 0 Å². The molecule has 78 valence electrons. The second-order valence-corrected chi connectivity index (χ2v) is 4.69. The van der Waals surface area contributed by atoms with Gasteiger partial charge in [0, 0.05) is 22.4 Å². The highest BCUT2D eigenvalue weighted by Crippen LogP contribution is 2.24. The number of imide groups is 1. The smallest absolute Gasteiger partial charge is 0.234 e. The van der Waals surface area contributed by atoms with E-state index < -0.39 is 0 Å². The molecule has 2 heterocycles. The first kappa shape index (κ1) is 10.5. The van der Waals surface area contributed by atoms with Gasteiger partial charge >= 0.3 is 0 Å². The highest BCUT2D eigenvalue weighted by Gasteiger charge is 2.27. The number of hydrogen-bond donors (Lipinski definition) is 1. The SMILES string of the molecule is O=C1CCC(c2cncc(I)c2)C(=O)N1. The molecule has 1 unspecified atom stereocenters. The van der Waals surface area contributed by atoms with Crippen LogP contribution in [0.3, 0.4) is 0 Å². The molecule has 1 aliphatic rings. The summed E-state index contributed by atoms with van der Waals surface area (Å²) in [5, 5.41) is 2.34. The molecule has 1 fully saturated rings. The first-order valence-electron chi connectivity index (χ1n) is 4.61. The third-order valence-electron chi connectivity index (χ3n) is 2.37. The quantitative estimate of drug-likeness (QED) is 0.626. The van der Waals surface area contributed by atoms with Crippen molar-refractivity contribution < 1.29 is 9.59 Å². The van der Waals surface area contributed by atoms with Crippen LogP contribution >= 0.6 is 22.6 Å². The molecule has 0 aromatic carbocycles. The molecule has 2 amide bonds. The summed E-state index contributed by atoms with van der Waals surface area (Å²) in [4.78, 5) is 26.6. The van der Waals surface area contributed by atoms with Crippen molar-refractivity contribution in [1.29, 1.82) is 0 Å². The van der Waals surface area contributed by atoms with Crippen LogP contribution in [0.2, 0.25) is 0 Å². The minimum Gasteiger partial charge on any atom is -0.296 e. The molecule has 2 rings (SSSR count). The van der Waals surface area contributed by atoms with Gasteiger partial charge in [0.2, 0.25) is 11.8 Å². The molecule has 1 saturated heterocycles. The molecule has 4 nitrogen and oxygen atoms in total. The third kappa shape index (κ3) is 2.34. The van der Waals surface area contributed by atoms with E-state index >= 15 is 0 Å². The monoisotopic (exact) mass is 316 g/mol. The summed E-state index contributed by atoms with van der Waals surface area (Å²) in [6.45, 7) is 0. The Morgan fingerprint density at radius 1 is 1.40 bits per heavy atom. The van der Waals surface area contributed by atoms with Crippen LogP contribution in [-0.4, -0.2) is 16.8 Å². The molecular formula is C10H9IN2O2. The van der Waals surface area contributed by atoms with Crippen LogP contribution in [0.5, 0.6) is 0 Å². The maximum Gasteiger partial charge on any atom is 0.234 e. The van der Waals surface area contributed by atoms with Gasteiger partial charge in [0.05, 0.1) is 5.92 Å². The van der Waals surface area contributed by atoms with Crippen molar-refractivity contribution >= 4 is 34.4 Å². The normalized spacial score (nSPS) is 21.3. The fourth-order valence-corrected chi connectivity index (χ4v) is 2.15. The lowest BCUT2D eigenvalue weighted by Crippen LogP contribution is -2.39. The second-order valence-electron chi connectivity index (χ2n) is 3.44. The number of aromatic nitrogens is 1. The van der Waals surface area contributed by atoms with Crippen LogP contribution in [0.1, 0.15) is 24.3 Å². The van der Waals surface area contributed by atoms with Crippen molar-refractivity contribution in [1.82, 2.24) is 10.3 Å². The Labute approximate surface area is 101 Å². The number of nitrogens with one attached hydrogen (secondary N) is 1. The van der Waals surface area contributed by atoms with Crippen LogP contribution in [0.15, 0.2) is 18.5 Å². The maximum absolute atomic E-state index is 11.6. The predicted molar refractivity (Wildman–Crippen MR) is 62.1 cm³/mol. The lowest BCUT2D eigenvalue weighted by atomic mass is 9.92. The van der Waals surface area contributed by atoms with Crippen molar-refractivity contribution in [2.45, 2.75) is 18.8 Å². The van der Waals surface area contributed by atoms with Crippen molar-refractivity contribution in [2.24, 2.45) is 0 Å². The van der Waals surface area contributed by atoms with Gasteiger partial charge in [0.1, 0.15) is 0 Å². The molecular weight excluding hydrogens is 307 g/mol. The highest BCUT2D eigenvalue weighted by atomic mass is 127. The first-order valence-corrected chi connectivity index (χ1v) is 5.69. The molecule has 1 N–H and O–H groups in total. The number of hydrogen-bond acceptors (Lipinski definition) is 3. The van der Waals surface area contributed by atoms with E-state index in [1.54, 1.807) is 12.4 Å². The summed E-state index contributed by atoms with van der Waals surface area (Å²) >= 11 is 2.15. The molecule has 1 atom stereocenters. The second kappa shape index (κ2) is 4.26. The molecule has 1 aromatic heterocycles. The van der Waals surface area contributed by atoms with Gasteiger partial charge in [-0.15, -0.1) is 0 Å². The Bertz CT molecular complexity index is 420. The zero-order chi connectivity index (χ0) is 10.8. The standard InChI is InChI=1S/C10H9IN2O2/c11-7-3-6(4-12-5-7)8-1-2-9(14)13-10(8)15/h3-5,8H,1-2H2,(H,13,14,15). The van der Waals surface area contributed by atoms with Crippen LogP contribution in [-0.2, 0) is 9.59 Å². The summed E-state index contributed by atoms with van der Waals surface area (Å²) in [5.41, 5.74) is 0.881. The molecule has 0 saturated carbocycles. The summed E-state index contributed by atoms with van der Waals surface area (Å²) in [6.07, 6.45) is 4.40. The van der Waals surface area contributed by atoms with Crippen LogP contribution in [0.25, 0.3) is 0 Å². The minimum absolute atomic E-state index is 0.185. The van der Waals surface area contributed by atoms with E-state index in [2.05, 4.69) is 32.9 Å². The zero-order valence-corrected chi connectivity index (χ0v) is 10.0. The van der Waals surface area contributed by atoms with E-state index in [9.17, 15) is 9.59 Å². The van der Waals surface area contributed by atoms with Crippen molar-refractivity contribution in [3.63, 3.8) is 0 Å². The number of rotatable bonds is 1.